The third-order valence-electron chi connectivity index (χ3n) is 2.70. The van der Waals surface area contributed by atoms with Crippen molar-refractivity contribution in [2.24, 2.45) is 0 Å². The molecule has 2 amide bonds. The molecule has 0 spiro atoms. The first-order valence-electron chi connectivity index (χ1n) is 6.38. The molecule has 4 nitrogen and oxygen atoms in total. The molecule has 0 aliphatic rings. The molecule has 0 fully saturated rings. The van der Waals surface area contributed by atoms with Gasteiger partial charge in [0, 0.05) is 16.0 Å². The number of rotatable bonds is 5. The van der Waals surface area contributed by atoms with Gasteiger partial charge < -0.3 is 15.4 Å². The van der Waals surface area contributed by atoms with Crippen LogP contribution in [-0.2, 0) is 6.54 Å². The lowest BCUT2D eigenvalue weighted by atomic mass is 10.2. The van der Waals surface area contributed by atoms with E-state index in [1.807, 2.05) is 24.3 Å². The fourth-order valence-corrected chi connectivity index (χ4v) is 2.57. The fourth-order valence-electron chi connectivity index (χ4n) is 1.66. The molecule has 0 unspecified atom stereocenters. The van der Waals surface area contributed by atoms with Gasteiger partial charge in [-0.15, -0.1) is 0 Å². The molecule has 0 bridgehead atoms. The average molecular weight is 404 g/mol. The summed E-state index contributed by atoms with van der Waals surface area (Å²) in [5, 5.41) is 6.23. The summed E-state index contributed by atoms with van der Waals surface area (Å²) < 4.78 is 6.33. The molecule has 7 heteroatoms. The molecule has 0 saturated heterocycles. The zero-order chi connectivity index (χ0) is 15.9. The summed E-state index contributed by atoms with van der Waals surface area (Å²) in [7, 11) is 0. The summed E-state index contributed by atoms with van der Waals surface area (Å²) in [6.07, 6.45) is 0. The number of benzene rings is 2. The summed E-state index contributed by atoms with van der Waals surface area (Å²) in [6, 6.07) is 12.2. The van der Waals surface area contributed by atoms with E-state index in [2.05, 4.69) is 26.6 Å². The van der Waals surface area contributed by atoms with Gasteiger partial charge >= 0.3 is 6.03 Å². The number of carbonyl (C=O) groups excluding carboxylic acids is 1. The largest absolute Gasteiger partial charge is 0.472 e. The van der Waals surface area contributed by atoms with E-state index in [-0.39, 0.29) is 12.8 Å². The molecular weight excluding hydrogens is 391 g/mol. The Hall–Kier alpha value is -1.43. The van der Waals surface area contributed by atoms with Gasteiger partial charge in [0.1, 0.15) is 5.75 Å². The van der Waals surface area contributed by atoms with Crippen molar-refractivity contribution in [1.82, 2.24) is 10.6 Å². The Morgan fingerprint density at radius 1 is 1.14 bits per heavy atom. The predicted molar refractivity (Wildman–Crippen MR) is 91.5 cm³/mol. The van der Waals surface area contributed by atoms with Crippen LogP contribution in [0.3, 0.4) is 0 Å². The van der Waals surface area contributed by atoms with Crippen LogP contribution >= 0.6 is 39.1 Å². The van der Waals surface area contributed by atoms with Gasteiger partial charge in [0.25, 0.3) is 0 Å². The molecule has 22 heavy (non-hydrogen) atoms. The van der Waals surface area contributed by atoms with Crippen LogP contribution in [0.2, 0.25) is 10.0 Å². The van der Waals surface area contributed by atoms with Crippen LogP contribution in [0.1, 0.15) is 5.56 Å². The molecule has 0 aromatic heterocycles. The lowest BCUT2D eigenvalue weighted by molar-refractivity contribution is 0.223. The SMILES string of the molecule is O=C(NCOc1ccc(Cl)cc1Cl)NCc1cccc(Br)c1. The average Bonchev–Trinajstić information content (AvgIpc) is 2.47. The number of nitrogens with one attached hydrogen (secondary N) is 2. The Labute approximate surface area is 146 Å². The van der Waals surface area contributed by atoms with Gasteiger partial charge in [-0.3, -0.25) is 0 Å². The van der Waals surface area contributed by atoms with E-state index >= 15 is 0 Å². The predicted octanol–water partition coefficient (Wildman–Crippen LogP) is 4.59. The summed E-state index contributed by atoms with van der Waals surface area (Å²) in [4.78, 5) is 11.7. The second-order valence-electron chi connectivity index (χ2n) is 4.35. The minimum Gasteiger partial charge on any atom is -0.472 e. The second kappa shape index (κ2) is 8.27. The van der Waals surface area contributed by atoms with Gasteiger partial charge in [0.05, 0.1) is 5.02 Å². The normalized spacial score (nSPS) is 10.1. The zero-order valence-electron chi connectivity index (χ0n) is 11.4. The van der Waals surface area contributed by atoms with E-state index in [9.17, 15) is 4.79 Å². The highest BCUT2D eigenvalue weighted by molar-refractivity contribution is 9.10. The van der Waals surface area contributed by atoms with E-state index in [0.717, 1.165) is 10.0 Å². The Bertz CT molecular complexity index is 668. The Morgan fingerprint density at radius 3 is 2.68 bits per heavy atom. The number of hydrogen-bond donors (Lipinski definition) is 2. The highest BCUT2D eigenvalue weighted by Crippen LogP contribution is 2.27. The van der Waals surface area contributed by atoms with Crippen molar-refractivity contribution in [2.45, 2.75) is 6.54 Å². The number of carbonyl (C=O) groups is 1. The Morgan fingerprint density at radius 2 is 1.95 bits per heavy atom. The first kappa shape index (κ1) is 16.9. The van der Waals surface area contributed by atoms with Crippen LogP contribution in [0.4, 0.5) is 4.79 Å². The maximum absolute atomic E-state index is 11.7. The third kappa shape index (κ3) is 5.40. The summed E-state index contributed by atoms with van der Waals surface area (Å²) in [6.45, 7) is 0.429. The smallest absolute Gasteiger partial charge is 0.317 e. The van der Waals surface area contributed by atoms with E-state index < -0.39 is 0 Å². The fraction of sp³-hybridized carbons (Fsp3) is 0.133. The van der Waals surface area contributed by atoms with Gasteiger partial charge in [-0.25, -0.2) is 4.79 Å². The molecular formula is C15H13BrCl2N2O2. The van der Waals surface area contributed by atoms with Gasteiger partial charge in [-0.05, 0) is 35.9 Å². The summed E-state index contributed by atoms with van der Waals surface area (Å²) >= 11 is 15.1. The number of halogens is 3. The van der Waals surface area contributed by atoms with Crippen molar-refractivity contribution >= 4 is 45.2 Å². The summed E-state index contributed by atoms with van der Waals surface area (Å²) in [5.41, 5.74) is 0.992. The molecule has 2 aromatic carbocycles. The lowest BCUT2D eigenvalue weighted by Crippen LogP contribution is -2.37. The molecule has 0 saturated carbocycles. The van der Waals surface area contributed by atoms with Crippen molar-refractivity contribution in [2.75, 3.05) is 6.73 Å². The van der Waals surface area contributed by atoms with E-state index in [4.69, 9.17) is 27.9 Å². The van der Waals surface area contributed by atoms with Crippen LogP contribution in [0, 0.1) is 0 Å². The van der Waals surface area contributed by atoms with Crippen molar-refractivity contribution < 1.29 is 9.53 Å². The van der Waals surface area contributed by atoms with Crippen LogP contribution in [0.15, 0.2) is 46.9 Å². The van der Waals surface area contributed by atoms with Crippen LogP contribution in [0.5, 0.6) is 5.75 Å². The van der Waals surface area contributed by atoms with Crippen molar-refractivity contribution in [1.29, 1.82) is 0 Å². The molecule has 116 valence electrons. The highest BCUT2D eigenvalue weighted by atomic mass is 79.9. The maximum atomic E-state index is 11.7. The molecule has 0 atom stereocenters. The molecule has 0 radical (unpaired) electrons. The minimum absolute atomic E-state index is 0.00562. The molecule has 2 N–H and O–H groups in total. The number of amides is 2. The van der Waals surface area contributed by atoms with Crippen molar-refractivity contribution in [3.63, 3.8) is 0 Å². The van der Waals surface area contributed by atoms with E-state index in [1.54, 1.807) is 18.2 Å². The van der Waals surface area contributed by atoms with Crippen molar-refractivity contribution in [3.8, 4) is 5.75 Å². The quantitative estimate of drug-likeness (QED) is 0.717. The highest BCUT2D eigenvalue weighted by Gasteiger charge is 2.04. The molecule has 0 aliphatic carbocycles. The number of urea groups is 1. The second-order valence-corrected chi connectivity index (χ2v) is 6.11. The molecule has 2 aromatic rings. The van der Waals surface area contributed by atoms with Gasteiger partial charge in [-0.1, -0.05) is 51.3 Å². The van der Waals surface area contributed by atoms with Gasteiger partial charge in [0.15, 0.2) is 6.73 Å². The maximum Gasteiger partial charge on any atom is 0.317 e. The zero-order valence-corrected chi connectivity index (χ0v) is 14.5. The van der Waals surface area contributed by atoms with Gasteiger partial charge in [0.2, 0.25) is 0 Å². The Balaban J connectivity index is 1.74. The first-order chi connectivity index (χ1) is 10.5. The number of ether oxygens (including phenoxy) is 1. The standard InChI is InChI=1S/C15H13BrCl2N2O2/c16-11-3-1-2-10(6-11)8-19-15(21)20-9-22-14-5-4-12(17)7-13(14)18/h1-7H,8-9H2,(H2,19,20,21). The van der Waals surface area contributed by atoms with Gasteiger partial charge in [-0.2, -0.15) is 0 Å². The third-order valence-corrected chi connectivity index (χ3v) is 3.72. The lowest BCUT2D eigenvalue weighted by Gasteiger charge is -2.10. The van der Waals surface area contributed by atoms with Crippen LogP contribution in [0.25, 0.3) is 0 Å². The van der Waals surface area contributed by atoms with Crippen LogP contribution < -0.4 is 15.4 Å². The van der Waals surface area contributed by atoms with E-state index in [1.165, 1.54) is 0 Å². The first-order valence-corrected chi connectivity index (χ1v) is 7.93. The Kier molecular flexibility index (Phi) is 6.36. The van der Waals surface area contributed by atoms with Crippen molar-refractivity contribution in [3.05, 3.63) is 62.5 Å². The molecule has 0 aliphatic heterocycles. The van der Waals surface area contributed by atoms with Crippen LogP contribution in [-0.4, -0.2) is 12.8 Å². The number of hydrogen-bond acceptors (Lipinski definition) is 2. The molecule has 2 rings (SSSR count). The topological polar surface area (TPSA) is 50.4 Å². The monoisotopic (exact) mass is 402 g/mol. The minimum atomic E-state index is -0.329. The molecule has 0 heterocycles. The summed E-state index contributed by atoms with van der Waals surface area (Å²) in [5.74, 6) is 0.457. The van der Waals surface area contributed by atoms with E-state index in [0.29, 0.717) is 22.3 Å².